The molecule has 258 valence electrons. The van der Waals surface area contributed by atoms with Gasteiger partial charge in [0.15, 0.2) is 0 Å². The molecule has 0 bridgehead atoms. The molecule has 0 radical (unpaired) electrons. The van der Waals surface area contributed by atoms with Crippen LogP contribution in [0.2, 0.25) is 0 Å². The summed E-state index contributed by atoms with van der Waals surface area (Å²) in [5.41, 5.74) is 3.82. The molecule has 0 saturated carbocycles. The first-order chi connectivity index (χ1) is 24.5. The molecule has 3 aromatic carbocycles. The van der Waals surface area contributed by atoms with Gasteiger partial charge < -0.3 is 34.0 Å². The number of piperazine rings is 1. The number of fused-ring (bicyclic) bond motifs is 2. The van der Waals surface area contributed by atoms with Gasteiger partial charge in [0.1, 0.15) is 19.0 Å². The van der Waals surface area contributed by atoms with Crippen molar-refractivity contribution in [3.8, 4) is 12.1 Å². The van der Waals surface area contributed by atoms with Crippen molar-refractivity contribution < 1.29 is 28.9 Å². The zero-order valence-electron chi connectivity index (χ0n) is 27.7. The van der Waals surface area contributed by atoms with Crippen molar-refractivity contribution in [3.63, 3.8) is 0 Å². The number of nitrogens with zero attached hydrogens (tertiary/aromatic N) is 7. The maximum atomic E-state index is 13.2. The average molecular weight is 678 g/mol. The molecular formula is C37H39N7O6. The zero-order valence-corrected chi connectivity index (χ0v) is 27.7. The Bertz CT molecular complexity index is 1880. The summed E-state index contributed by atoms with van der Waals surface area (Å²) in [4.78, 5) is 42.3. The second-order valence-corrected chi connectivity index (χ2v) is 12.6. The maximum absolute atomic E-state index is 13.2. The summed E-state index contributed by atoms with van der Waals surface area (Å²) < 4.78 is 17.4. The minimum absolute atomic E-state index is 0.0374. The summed E-state index contributed by atoms with van der Waals surface area (Å²) in [5.74, 6) is 0.706. The number of rotatable bonds is 8. The zero-order chi connectivity index (χ0) is 34.5. The smallest absolute Gasteiger partial charge is 0.410 e. The minimum Gasteiger partial charge on any atom is -0.465 e. The molecule has 1 aromatic heterocycles. The second kappa shape index (κ2) is 14.9. The van der Waals surface area contributed by atoms with Crippen LogP contribution in [0, 0.1) is 11.3 Å². The van der Waals surface area contributed by atoms with E-state index in [1.54, 1.807) is 4.90 Å². The van der Waals surface area contributed by atoms with Gasteiger partial charge in [-0.1, -0.05) is 66.7 Å². The van der Waals surface area contributed by atoms with Gasteiger partial charge in [-0.3, -0.25) is 4.90 Å². The molecule has 1 N–H and O–H groups in total. The standard InChI is InChI=1S/C37H39N7O6/c38-15-13-28-21-42(17-18-44(28)37(47)50-23-26-7-2-1-3-8-26)34-31-14-16-41(33-12-6-10-27-9-4-5-11-30(27)33)22-32(31)39-35(40-34)49-25-29-24-48-20-19-43(29)36(45)46/h1-12,28-29H,13-14,16-25H2,(H,45,46)/t28?,29-/m0/s1. The molecule has 2 atom stereocenters. The Hall–Kier alpha value is -5.61. The topological polar surface area (TPSA) is 145 Å². The molecular weight excluding hydrogens is 638 g/mol. The van der Waals surface area contributed by atoms with Crippen LogP contribution in [0.4, 0.5) is 21.1 Å². The molecule has 1 unspecified atom stereocenters. The molecule has 4 aromatic rings. The lowest BCUT2D eigenvalue weighted by Gasteiger charge is -2.42. The minimum atomic E-state index is -1.02. The SMILES string of the molecule is N#CCC1CN(c2nc(OC[C@@H]3COCCN3C(=O)O)nc3c2CCN(c2cccc4ccccc24)C3)CCN1C(=O)OCc1ccccc1. The van der Waals surface area contributed by atoms with E-state index in [0.717, 1.165) is 39.8 Å². The van der Waals surface area contributed by atoms with Crippen molar-refractivity contribution in [2.24, 2.45) is 0 Å². The lowest BCUT2D eigenvalue weighted by molar-refractivity contribution is -0.0159. The van der Waals surface area contributed by atoms with Crippen molar-refractivity contribution >= 4 is 34.5 Å². The van der Waals surface area contributed by atoms with Crippen molar-refractivity contribution in [2.45, 2.75) is 38.1 Å². The number of hydrogen-bond acceptors (Lipinski definition) is 10. The highest BCUT2D eigenvalue weighted by atomic mass is 16.6. The summed E-state index contributed by atoms with van der Waals surface area (Å²) in [6, 6.07) is 25.6. The van der Waals surface area contributed by atoms with Crippen LogP contribution in [0.1, 0.15) is 23.2 Å². The fourth-order valence-electron chi connectivity index (χ4n) is 6.99. The third-order valence-corrected chi connectivity index (χ3v) is 9.56. The predicted molar refractivity (Wildman–Crippen MR) is 185 cm³/mol. The van der Waals surface area contributed by atoms with Gasteiger partial charge in [-0.2, -0.15) is 15.2 Å². The van der Waals surface area contributed by atoms with Gasteiger partial charge in [0.25, 0.3) is 0 Å². The molecule has 0 aliphatic carbocycles. The molecule has 13 nitrogen and oxygen atoms in total. The second-order valence-electron chi connectivity index (χ2n) is 12.6. The van der Waals surface area contributed by atoms with E-state index in [0.29, 0.717) is 45.0 Å². The van der Waals surface area contributed by atoms with Crippen LogP contribution in [0.3, 0.4) is 0 Å². The molecule has 3 aliphatic heterocycles. The Kier molecular flexibility index (Phi) is 9.79. The summed E-state index contributed by atoms with van der Waals surface area (Å²) in [7, 11) is 0. The van der Waals surface area contributed by atoms with Crippen LogP contribution >= 0.6 is 0 Å². The lowest BCUT2D eigenvalue weighted by atomic mass is 10.0. The van der Waals surface area contributed by atoms with Gasteiger partial charge in [0, 0.05) is 49.4 Å². The van der Waals surface area contributed by atoms with Crippen molar-refractivity contribution in [1.82, 2.24) is 19.8 Å². The number of nitriles is 1. The monoisotopic (exact) mass is 677 g/mol. The van der Waals surface area contributed by atoms with Crippen LogP contribution in [0.25, 0.3) is 10.8 Å². The average Bonchev–Trinajstić information content (AvgIpc) is 3.16. The molecule has 2 amide bonds. The van der Waals surface area contributed by atoms with Crippen LogP contribution in [0.15, 0.2) is 72.8 Å². The van der Waals surface area contributed by atoms with Gasteiger partial charge in [-0.25, -0.2) is 9.59 Å². The summed E-state index contributed by atoms with van der Waals surface area (Å²) >= 11 is 0. The summed E-state index contributed by atoms with van der Waals surface area (Å²) in [6.45, 7) is 3.48. The number of ether oxygens (including phenoxy) is 3. The molecule has 2 saturated heterocycles. The Labute approximate surface area is 290 Å². The van der Waals surface area contributed by atoms with Gasteiger partial charge in [0.05, 0.1) is 50.0 Å². The maximum Gasteiger partial charge on any atom is 0.410 e. The van der Waals surface area contributed by atoms with Gasteiger partial charge >= 0.3 is 18.2 Å². The summed E-state index contributed by atoms with van der Waals surface area (Å²) in [6.07, 6.45) is -0.663. The summed E-state index contributed by atoms with van der Waals surface area (Å²) in [5, 5.41) is 21.8. The van der Waals surface area contributed by atoms with Crippen molar-refractivity contribution in [3.05, 3.63) is 89.6 Å². The van der Waals surface area contributed by atoms with E-state index in [-0.39, 0.29) is 38.8 Å². The number of anilines is 2. The highest BCUT2D eigenvalue weighted by molar-refractivity contribution is 5.94. The Balaban J connectivity index is 1.16. The number of aromatic nitrogens is 2. The molecule has 3 aliphatic rings. The number of amides is 2. The number of carboxylic acid groups (broad SMARTS) is 1. The fourth-order valence-corrected chi connectivity index (χ4v) is 6.99. The Morgan fingerprint density at radius 2 is 1.74 bits per heavy atom. The van der Waals surface area contributed by atoms with E-state index < -0.39 is 24.3 Å². The van der Waals surface area contributed by atoms with Crippen molar-refractivity contribution in [2.75, 3.05) is 62.3 Å². The van der Waals surface area contributed by atoms with Crippen LogP contribution in [0.5, 0.6) is 6.01 Å². The van der Waals surface area contributed by atoms with Gasteiger partial charge in [-0.15, -0.1) is 0 Å². The predicted octanol–water partition coefficient (Wildman–Crippen LogP) is 4.69. The Morgan fingerprint density at radius 1 is 0.920 bits per heavy atom. The van der Waals surface area contributed by atoms with E-state index >= 15 is 0 Å². The third kappa shape index (κ3) is 7.06. The lowest BCUT2D eigenvalue weighted by Crippen LogP contribution is -2.55. The Morgan fingerprint density at radius 3 is 2.58 bits per heavy atom. The van der Waals surface area contributed by atoms with Crippen molar-refractivity contribution in [1.29, 1.82) is 5.26 Å². The van der Waals surface area contributed by atoms with E-state index in [1.165, 1.54) is 4.90 Å². The normalized spacial score (nSPS) is 19.1. The first-order valence-electron chi connectivity index (χ1n) is 16.9. The molecule has 2 fully saturated rings. The largest absolute Gasteiger partial charge is 0.465 e. The highest BCUT2D eigenvalue weighted by Crippen LogP contribution is 2.35. The van der Waals surface area contributed by atoms with E-state index in [4.69, 9.17) is 24.2 Å². The molecule has 7 rings (SSSR count). The first kappa shape index (κ1) is 32.9. The van der Waals surface area contributed by atoms with Crippen LogP contribution in [-0.2, 0) is 29.0 Å². The van der Waals surface area contributed by atoms with E-state index in [2.05, 4.69) is 46.2 Å². The first-order valence-corrected chi connectivity index (χ1v) is 16.9. The third-order valence-electron chi connectivity index (χ3n) is 9.56. The van der Waals surface area contributed by atoms with Crippen LogP contribution < -0.4 is 14.5 Å². The number of benzene rings is 3. The number of carbonyl (C=O) groups excluding carboxylic acids is 1. The highest BCUT2D eigenvalue weighted by Gasteiger charge is 2.35. The van der Waals surface area contributed by atoms with E-state index in [1.807, 2.05) is 42.5 Å². The van der Waals surface area contributed by atoms with Crippen LogP contribution in [-0.4, -0.2) is 102 Å². The quantitative estimate of drug-likeness (QED) is 0.277. The number of carbonyl (C=O) groups is 2. The number of morpholine rings is 1. The molecule has 50 heavy (non-hydrogen) atoms. The van der Waals surface area contributed by atoms with Gasteiger partial charge in [-0.05, 0) is 23.4 Å². The fraction of sp³-hybridized carbons (Fsp3) is 0.378. The van der Waals surface area contributed by atoms with E-state index in [9.17, 15) is 20.0 Å². The molecule has 0 spiro atoms. The number of hydrogen-bond donors (Lipinski definition) is 1. The molecule has 4 heterocycles. The molecule has 13 heteroatoms. The van der Waals surface area contributed by atoms with Gasteiger partial charge in [0.2, 0.25) is 0 Å².